The molecular weight excluding hydrogens is 374 g/mol. The lowest BCUT2D eigenvalue weighted by molar-refractivity contribution is 0.0187. The van der Waals surface area contributed by atoms with Crippen LogP contribution in [-0.4, -0.2) is 52.7 Å². The van der Waals surface area contributed by atoms with E-state index < -0.39 is 0 Å². The lowest BCUT2D eigenvalue weighted by atomic mass is 10.0. The highest BCUT2D eigenvalue weighted by Gasteiger charge is 2.23. The van der Waals surface area contributed by atoms with Gasteiger partial charge in [0.2, 0.25) is 0 Å². The van der Waals surface area contributed by atoms with Crippen LogP contribution in [0.4, 0.5) is 5.82 Å². The molecule has 0 saturated carbocycles. The van der Waals surface area contributed by atoms with E-state index in [4.69, 9.17) is 9.72 Å². The fourth-order valence-corrected chi connectivity index (χ4v) is 3.75. The van der Waals surface area contributed by atoms with Gasteiger partial charge in [-0.15, -0.1) is 0 Å². The minimum atomic E-state index is 0.256. The number of hydrogen-bond acceptors (Lipinski definition) is 6. The van der Waals surface area contributed by atoms with E-state index in [9.17, 15) is 0 Å². The number of benzene rings is 1. The molecule has 4 rings (SSSR count). The van der Waals surface area contributed by atoms with Crippen molar-refractivity contribution in [3.63, 3.8) is 0 Å². The van der Waals surface area contributed by atoms with Crippen LogP contribution in [0, 0.1) is 20.8 Å². The normalized spacial score (nSPS) is 15.7. The predicted molar refractivity (Wildman–Crippen MR) is 120 cm³/mol. The highest BCUT2D eigenvalue weighted by molar-refractivity contribution is 5.58. The third kappa shape index (κ3) is 4.66. The zero-order chi connectivity index (χ0) is 20.9. The molecule has 156 valence electrons. The van der Waals surface area contributed by atoms with Gasteiger partial charge >= 0.3 is 0 Å². The van der Waals surface area contributed by atoms with E-state index in [0.29, 0.717) is 5.82 Å². The summed E-state index contributed by atoms with van der Waals surface area (Å²) in [7, 11) is 0. The lowest BCUT2D eigenvalue weighted by Crippen LogP contribution is -2.41. The Morgan fingerprint density at radius 1 is 1.03 bits per heavy atom. The Balaban J connectivity index is 1.60. The lowest BCUT2D eigenvalue weighted by Gasteiger charge is -2.35. The van der Waals surface area contributed by atoms with E-state index in [1.165, 1.54) is 11.1 Å². The largest absolute Gasteiger partial charge is 0.379 e. The van der Waals surface area contributed by atoms with Crippen molar-refractivity contribution < 1.29 is 4.74 Å². The molecule has 3 heterocycles. The molecule has 1 atom stereocenters. The molecule has 1 saturated heterocycles. The van der Waals surface area contributed by atoms with Crippen LogP contribution in [0.3, 0.4) is 0 Å². The molecule has 0 radical (unpaired) electrons. The van der Waals surface area contributed by atoms with Gasteiger partial charge in [0.15, 0.2) is 5.82 Å². The number of aryl methyl sites for hydroxylation is 2. The van der Waals surface area contributed by atoms with Gasteiger partial charge in [-0.3, -0.25) is 9.88 Å². The molecule has 6 heteroatoms. The van der Waals surface area contributed by atoms with Crippen molar-refractivity contribution in [3.05, 3.63) is 71.2 Å². The topological polar surface area (TPSA) is 63.2 Å². The molecular formula is C24H29N5O. The highest BCUT2D eigenvalue weighted by Crippen LogP contribution is 2.25. The van der Waals surface area contributed by atoms with E-state index in [1.807, 2.05) is 19.1 Å². The molecule has 0 amide bonds. The van der Waals surface area contributed by atoms with Crippen LogP contribution in [0.25, 0.3) is 11.4 Å². The summed E-state index contributed by atoms with van der Waals surface area (Å²) in [5.41, 5.74) is 5.56. The molecule has 1 aliphatic rings. The van der Waals surface area contributed by atoms with Gasteiger partial charge in [0, 0.05) is 48.8 Å². The summed E-state index contributed by atoms with van der Waals surface area (Å²) in [5, 5.41) is 3.62. The predicted octanol–water partition coefficient (Wildman–Crippen LogP) is 3.95. The van der Waals surface area contributed by atoms with Gasteiger partial charge in [0.05, 0.1) is 19.3 Å². The zero-order valence-electron chi connectivity index (χ0n) is 17.9. The summed E-state index contributed by atoms with van der Waals surface area (Å²) >= 11 is 0. The first-order chi connectivity index (χ1) is 14.6. The summed E-state index contributed by atoms with van der Waals surface area (Å²) in [6, 6.07) is 13.0. The zero-order valence-corrected chi connectivity index (χ0v) is 17.9. The molecule has 30 heavy (non-hydrogen) atoms. The summed E-state index contributed by atoms with van der Waals surface area (Å²) in [6.45, 7) is 10.4. The van der Waals surface area contributed by atoms with Crippen LogP contribution in [0.15, 0.2) is 48.8 Å². The first kappa shape index (κ1) is 20.4. The second-order valence-corrected chi connectivity index (χ2v) is 7.80. The fourth-order valence-electron chi connectivity index (χ4n) is 3.75. The number of anilines is 1. The number of nitrogens with one attached hydrogen (secondary N) is 1. The third-order valence-electron chi connectivity index (χ3n) is 5.72. The first-order valence-corrected chi connectivity index (χ1v) is 10.5. The third-order valence-corrected chi connectivity index (χ3v) is 5.72. The monoisotopic (exact) mass is 403 g/mol. The quantitative estimate of drug-likeness (QED) is 0.672. The van der Waals surface area contributed by atoms with E-state index in [0.717, 1.165) is 55.5 Å². The molecule has 0 bridgehead atoms. The standard InChI is InChI=1S/C24H29N5O/c1-17-6-8-20(9-7-17)22(29-11-13-30-14-12-29)16-26-23-18(2)19(3)27-24(28-23)21-5-4-10-25-15-21/h4-10,15,22H,11-14,16H2,1-3H3,(H,26,27,28). The maximum atomic E-state index is 5.58. The molecule has 1 unspecified atom stereocenters. The van der Waals surface area contributed by atoms with Gasteiger partial charge in [-0.05, 0) is 38.5 Å². The Labute approximate surface area is 178 Å². The summed E-state index contributed by atoms with van der Waals surface area (Å²) in [4.78, 5) is 16.2. The van der Waals surface area contributed by atoms with Crippen LogP contribution in [-0.2, 0) is 4.74 Å². The van der Waals surface area contributed by atoms with Crippen LogP contribution in [0.5, 0.6) is 0 Å². The maximum Gasteiger partial charge on any atom is 0.163 e. The van der Waals surface area contributed by atoms with Gasteiger partial charge in [0.1, 0.15) is 5.82 Å². The summed E-state index contributed by atoms with van der Waals surface area (Å²) in [6.07, 6.45) is 3.56. The Hall–Kier alpha value is -2.83. The number of aromatic nitrogens is 3. The van der Waals surface area contributed by atoms with Crippen molar-refractivity contribution >= 4 is 5.82 Å². The van der Waals surface area contributed by atoms with E-state index >= 15 is 0 Å². The van der Waals surface area contributed by atoms with Crippen molar-refractivity contribution in [2.24, 2.45) is 0 Å². The molecule has 1 N–H and O–H groups in total. The minimum absolute atomic E-state index is 0.256. The van der Waals surface area contributed by atoms with Crippen LogP contribution in [0.1, 0.15) is 28.4 Å². The number of morpholine rings is 1. The number of ether oxygens (including phenoxy) is 1. The SMILES string of the molecule is Cc1ccc(C(CNc2nc(-c3cccnc3)nc(C)c2C)N2CCOCC2)cc1. The summed E-state index contributed by atoms with van der Waals surface area (Å²) < 4.78 is 5.58. The van der Waals surface area contributed by atoms with Crippen LogP contribution < -0.4 is 5.32 Å². The fraction of sp³-hybridized carbons (Fsp3) is 0.375. The summed E-state index contributed by atoms with van der Waals surface area (Å²) in [5.74, 6) is 1.58. The van der Waals surface area contributed by atoms with E-state index in [-0.39, 0.29) is 6.04 Å². The molecule has 1 fully saturated rings. The average Bonchev–Trinajstić information content (AvgIpc) is 2.79. The van der Waals surface area contributed by atoms with Gasteiger partial charge in [-0.25, -0.2) is 9.97 Å². The number of rotatable bonds is 6. The van der Waals surface area contributed by atoms with Crippen LogP contribution in [0.2, 0.25) is 0 Å². The molecule has 1 aliphatic heterocycles. The number of hydrogen-bond donors (Lipinski definition) is 1. The van der Waals surface area contributed by atoms with Crippen molar-refractivity contribution in [1.82, 2.24) is 19.9 Å². The van der Waals surface area contributed by atoms with Gasteiger partial charge in [-0.2, -0.15) is 0 Å². The Bertz CT molecular complexity index is 969. The van der Waals surface area contributed by atoms with E-state index in [1.54, 1.807) is 12.4 Å². The van der Waals surface area contributed by atoms with Crippen molar-refractivity contribution in [2.45, 2.75) is 26.8 Å². The molecule has 0 aliphatic carbocycles. The molecule has 2 aromatic heterocycles. The molecule has 0 spiro atoms. The highest BCUT2D eigenvalue weighted by atomic mass is 16.5. The van der Waals surface area contributed by atoms with Crippen LogP contribution >= 0.6 is 0 Å². The van der Waals surface area contributed by atoms with Crippen molar-refractivity contribution in [3.8, 4) is 11.4 Å². The van der Waals surface area contributed by atoms with Crippen molar-refractivity contribution in [2.75, 3.05) is 38.2 Å². The molecule has 3 aromatic rings. The second-order valence-electron chi connectivity index (χ2n) is 7.80. The smallest absolute Gasteiger partial charge is 0.163 e. The van der Waals surface area contributed by atoms with Gasteiger partial charge in [-0.1, -0.05) is 29.8 Å². The van der Waals surface area contributed by atoms with Gasteiger partial charge < -0.3 is 10.1 Å². The number of pyridine rings is 1. The Morgan fingerprint density at radius 3 is 2.50 bits per heavy atom. The van der Waals surface area contributed by atoms with Gasteiger partial charge in [0.25, 0.3) is 0 Å². The Kier molecular flexibility index (Phi) is 6.35. The molecule has 6 nitrogen and oxygen atoms in total. The minimum Gasteiger partial charge on any atom is -0.379 e. The second kappa shape index (κ2) is 9.32. The first-order valence-electron chi connectivity index (χ1n) is 10.5. The Morgan fingerprint density at radius 2 is 1.80 bits per heavy atom. The van der Waals surface area contributed by atoms with Crippen molar-refractivity contribution in [1.29, 1.82) is 0 Å². The number of nitrogens with zero attached hydrogens (tertiary/aromatic N) is 4. The molecule has 1 aromatic carbocycles. The maximum absolute atomic E-state index is 5.58. The van der Waals surface area contributed by atoms with E-state index in [2.05, 4.69) is 58.3 Å². The average molecular weight is 404 g/mol.